The van der Waals surface area contributed by atoms with Crippen molar-refractivity contribution in [3.05, 3.63) is 109 Å². The number of hydrogen-bond acceptors (Lipinski definition) is 2. The first-order valence-corrected chi connectivity index (χ1v) is 9.19. The van der Waals surface area contributed by atoms with Gasteiger partial charge in [0, 0.05) is 0 Å². The van der Waals surface area contributed by atoms with Gasteiger partial charge in [-0.15, -0.1) is 10.8 Å². The Morgan fingerprint density at radius 1 is 0.448 bits per heavy atom. The first-order chi connectivity index (χ1) is 13.9. The first kappa shape index (κ1) is 19.2. The molecule has 0 unspecified atom stereocenters. The van der Waals surface area contributed by atoms with E-state index < -0.39 is 0 Å². The molecule has 0 bridgehead atoms. The van der Waals surface area contributed by atoms with Crippen molar-refractivity contribution in [3.8, 4) is 0 Å². The smallest absolute Gasteiger partial charge is 0.386 e. The molecular weight excluding hydrogens is 441 g/mol. The molecule has 137 valence electrons. The number of aromatic nitrogens is 2. The maximum atomic E-state index is 4.28. The topological polar surface area (TPSA) is 25.8 Å². The van der Waals surface area contributed by atoms with Gasteiger partial charge in [-0.1, -0.05) is 85.2 Å². The predicted molar refractivity (Wildman–Crippen MR) is 116 cm³/mol. The summed E-state index contributed by atoms with van der Waals surface area (Å²) in [6.45, 7) is 0. The number of fused-ring (bicyclic) bond motifs is 6. The van der Waals surface area contributed by atoms with Gasteiger partial charge >= 0.3 is 19.5 Å². The quantitative estimate of drug-likeness (QED) is 0.150. The van der Waals surface area contributed by atoms with Gasteiger partial charge in [0.1, 0.15) is 0 Å². The van der Waals surface area contributed by atoms with E-state index in [4.69, 9.17) is 0 Å². The van der Waals surface area contributed by atoms with Gasteiger partial charge in [-0.25, -0.2) is 0 Å². The molecule has 0 amide bonds. The van der Waals surface area contributed by atoms with Crippen molar-refractivity contribution in [2.75, 3.05) is 0 Å². The summed E-state index contributed by atoms with van der Waals surface area (Å²) >= 11 is 0. The Kier molecular flexibility index (Phi) is 5.60. The van der Waals surface area contributed by atoms with Gasteiger partial charge in [0.2, 0.25) is 0 Å². The monoisotopic (exact) mass is 458 g/mol. The van der Waals surface area contributed by atoms with Crippen LogP contribution in [0, 0.1) is 12.4 Å². The zero-order chi connectivity index (χ0) is 18.8. The van der Waals surface area contributed by atoms with Crippen LogP contribution < -0.4 is 0 Å². The summed E-state index contributed by atoms with van der Waals surface area (Å²) in [5, 5.41) is 7.19. The fourth-order valence-corrected chi connectivity index (χ4v) is 3.52. The van der Waals surface area contributed by atoms with E-state index >= 15 is 0 Å². The summed E-state index contributed by atoms with van der Waals surface area (Å²) < 4.78 is 0. The molecule has 4 aromatic carbocycles. The Morgan fingerprint density at radius 3 is 1.34 bits per heavy atom. The van der Waals surface area contributed by atoms with E-state index in [1.165, 1.54) is 32.3 Å². The Bertz CT molecular complexity index is 1210. The third-order valence-corrected chi connectivity index (χ3v) is 4.89. The van der Waals surface area contributed by atoms with Gasteiger partial charge < -0.3 is 9.97 Å². The van der Waals surface area contributed by atoms with Crippen LogP contribution in [0.25, 0.3) is 43.4 Å². The Hall–Kier alpha value is -3.16. The molecule has 29 heavy (non-hydrogen) atoms. The standard InChI is InChI=1S/2C13H8N.Ru/c2*1-2-6-12-10(4-1)7-8-11-5-3-9-14-13(11)12;/h2*1-8H;/q2*-1;+3. The molecule has 2 heterocycles. The second-order valence-corrected chi connectivity index (χ2v) is 6.60. The Morgan fingerprint density at radius 2 is 0.862 bits per heavy atom. The minimum Gasteiger partial charge on any atom is -0.386 e. The van der Waals surface area contributed by atoms with E-state index in [1.54, 1.807) is 0 Å². The van der Waals surface area contributed by atoms with Crippen LogP contribution in [0.15, 0.2) is 97.1 Å². The van der Waals surface area contributed by atoms with E-state index in [2.05, 4.69) is 70.9 Å². The number of pyridine rings is 2. The van der Waals surface area contributed by atoms with Crippen LogP contribution in [-0.4, -0.2) is 9.97 Å². The van der Waals surface area contributed by atoms with Gasteiger partial charge in [-0.3, -0.25) is 0 Å². The fourth-order valence-electron chi connectivity index (χ4n) is 3.52. The average Bonchev–Trinajstić information content (AvgIpc) is 2.79. The van der Waals surface area contributed by atoms with Crippen LogP contribution in [0.5, 0.6) is 0 Å². The SMILES string of the molecule is [Ru+3].[c-]1ccc2ccc3ccccc3c2n1.[c-]1ccc2ccc3ccccc3c2n1. The van der Waals surface area contributed by atoms with Gasteiger partial charge in [-0.05, 0) is 32.6 Å². The van der Waals surface area contributed by atoms with Crippen LogP contribution in [0.4, 0.5) is 0 Å². The van der Waals surface area contributed by atoms with E-state index in [0.717, 1.165) is 11.0 Å². The fraction of sp³-hybridized carbons (Fsp3) is 0. The number of benzene rings is 4. The van der Waals surface area contributed by atoms with E-state index in [1.807, 2.05) is 48.5 Å². The molecule has 6 aromatic rings. The zero-order valence-corrected chi connectivity index (χ0v) is 17.2. The van der Waals surface area contributed by atoms with Crippen molar-refractivity contribution in [2.24, 2.45) is 0 Å². The summed E-state index contributed by atoms with van der Waals surface area (Å²) in [7, 11) is 0. The number of hydrogen-bond donors (Lipinski definition) is 0. The van der Waals surface area contributed by atoms with Crippen LogP contribution in [0.2, 0.25) is 0 Å². The largest absolute Gasteiger partial charge is 3.00 e. The predicted octanol–water partition coefficient (Wildman–Crippen LogP) is 6.37. The molecule has 0 aliphatic rings. The van der Waals surface area contributed by atoms with Gasteiger partial charge in [0.15, 0.2) is 0 Å². The van der Waals surface area contributed by atoms with E-state index in [-0.39, 0.29) is 19.5 Å². The molecule has 3 heteroatoms. The maximum absolute atomic E-state index is 4.28. The second kappa shape index (κ2) is 8.47. The summed E-state index contributed by atoms with van der Waals surface area (Å²) in [5.41, 5.74) is 2.07. The van der Waals surface area contributed by atoms with Crippen LogP contribution >= 0.6 is 0 Å². The molecule has 2 nitrogen and oxygen atoms in total. The molecule has 0 saturated heterocycles. The summed E-state index contributed by atoms with van der Waals surface area (Å²) in [6, 6.07) is 32.8. The molecule has 0 aliphatic heterocycles. The molecule has 1 radical (unpaired) electrons. The van der Waals surface area contributed by atoms with E-state index in [9.17, 15) is 0 Å². The van der Waals surface area contributed by atoms with Crippen molar-refractivity contribution in [2.45, 2.75) is 0 Å². The molecule has 0 N–H and O–H groups in total. The molecular formula is C26H16N2Ru+. The molecule has 0 aliphatic carbocycles. The Balaban J connectivity index is 0.000000137. The number of rotatable bonds is 0. The van der Waals surface area contributed by atoms with Gasteiger partial charge in [0.25, 0.3) is 0 Å². The maximum Gasteiger partial charge on any atom is 3.00 e. The van der Waals surface area contributed by atoms with E-state index in [0.29, 0.717) is 0 Å². The molecule has 0 spiro atoms. The summed E-state index contributed by atoms with van der Waals surface area (Å²) in [5.74, 6) is 0. The average molecular weight is 457 g/mol. The van der Waals surface area contributed by atoms with Crippen LogP contribution in [-0.2, 0) is 19.5 Å². The zero-order valence-electron chi connectivity index (χ0n) is 15.5. The van der Waals surface area contributed by atoms with Gasteiger partial charge in [-0.2, -0.15) is 24.3 Å². The van der Waals surface area contributed by atoms with Crippen molar-refractivity contribution in [3.63, 3.8) is 0 Å². The molecule has 6 rings (SSSR count). The van der Waals surface area contributed by atoms with Crippen molar-refractivity contribution < 1.29 is 19.5 Å². The van der Waals surface area contributed by atoms with Crippen molar-refractivity contribution in [1.82, 2.24) is 9.97 Å². The third kappa shape index (κ3) is 3.74. The molecule has 0 saturated carbocycles. The van der Waals surface area contributed by atoms with Crippen molar-refractivity contribution in [1.29, 1.82) is 0 Å². The second-order valence-electron chi connectivity index (χ2n) is 6.60. The molecule has 0 fully saturated rings. The van der Waals surface area contributed by atoms with Gasteiger partial charge in [0.05, 0.1) is 0 Å². The molecule has 2 aromatic heterocycles. The third-order valence-electron chi connectivity index (χ3n) is 4.89. The van der Waals surface area contributed by atoms with Crippen molar-refractivity contribution >= 4 is 43.4 Å². The minimum absolute atomic E-state index is 0. The number of nitrogens with zero attached hydrogens (tertiary/aromatic N) is 2. The first-order valence-electron chi connectivity index (χ1n) is 9.19. The molecule has 0 atom stereocenters. The summed E-state index contributed by atoms with van der Waals surface area (Å²) in [4.78, 5) is 8.57. The minimum atomic E-state index is 0. The van der Waals surface area contributed by atoms with Crippen LogP contribution in [0.3, 0.4) is 0 Å². The van der Waals surface area contributed by atoms with Crippen LogP contribution in [0.1, 0.15) is 0 Å². The Labute approximate surface area is 182 Å². The normalized spacial score (nSPS) is 10.5. The summed E-state index contributed by atoms with van der Waals surface area (Å²) in [6.07, 6.45) is 5.76.